The normalized spacial score (nSPS) is 10.3. The summed E-state index contributed by atoms with van der Waals surface area (Å²) < 4.78 is 16.9. The van der Waals surface area contributed by atoms with Crippen molar-refractivity contribution >= 4 is 23.4 Å². The third kappa shape index (κ3) is 5.23. The number of amides is 1. The van der Waals surface area contributed by atoms with Crippen molar-refractivity contribution in [2.45, 2.75) is 11.5 Å². The second-order valence-corrected chi connectivity index (χ2v) is 7.05. The zero-order chi connectivity index (χ0) is 20.6. The monoisotopic (exact) mass is 409 g/mol. The summed E-state index contributed by atoms with van der Waals surface area (Å²) in [5.41, 5.74) is 2.16. The molecule has 0 unspecified atom stereocenters. The number of nitrogens with one attached hydrogen (secondary N) is 1. The molecule has 0 radical (unpaired) electrons. The lowest BCUT2D eigenvalue weighted by Crippen LogP contribution is -2.13. The standard InChI is InChI=1S/C23H23NO4S/c1-26-20-12-17(23(25)24-18-10-7-11-19(14-18)29-3)13-21(27-2)22(20)28-15-16-8-5-4-6-9-16/h4-14H,15H2,1-3H3,(H,24,25). The average Bonchev–Trinajstić information content (AvgIpc) is 2.77. The molecule has 5 nitrogen and oxygen atoms in total. The molecule has 0 aliphatic rings. The van der Waals surface area contributed by atoms with Crippen molar-refractivity contribution in [3.8, 4) is 17.2 Å². The van der Waals surface area contributed by atoms with E-state index in [1.54, 1.807) is 23.9 Å². The summed E-state index contributed by atoms with van der Waals surface area (Å²) in [6.45, 7) is 0.362. The number of hydrogen-bond acceptors (Lipinski definition) is 5. The molecule has 0 saturated carbocycles. The summed E-state index contributed by atoms with van der Waals surface area (Å²) in [5, 5.41) is 2.91. The number of thioether (sulfide) groups is 1. The van der Waals surface area contributed by atoms with Gasteiger partial charge < -0.3 is 19.5 Å². The first-order valence-corrected chi connectivity index (χ1v) is 10.2. The fraction of sp³-hybridized carbons (Fsp3) is 0.174. The van der Waals surface area contributed by atoms with Gasteiger partial charge in [0.15, 0.2) is 11.5 Å². The zero-order valence-corrected chi connectivity index (χ0v) is 17.4. The Morgan fingerprint density at radius 2 is 1.62 bits per heavy atom. The second kappa shape index (κ2) is 9.89. The number of hydrogen-bond donors (Lipinski definition) is 1. The lowest BCUT2D eigenvalue weighted by Gasteiger charge is -2.16. The van der Waals surface area contributed by atoms with Crippen molar-refractivity contribution in [2.75, 3.05) is 25.8 Å². The van der Waals surface area contributed by atoms with E-state index in [0.29, 0.717) is 29.4 Å². The Hall–Kier alpha value is -3.12. The molecule has 150 valence electrons. The molecule has 0 aliphatic carbocycles. The molecule has 0 fully saturated rings. The van der Waals surface area contributed by atoms with Crippen LogP contribution in [0.5, 0.6) is 17.2 Å². The quantitative estimate of drug-likeness (QED) is 0.515. The highest BCUT2D eigenvalue weighted by Crippen LogP contribution is 2.39. The Labute approximate surface area is 175 Å². The molecule has 6 heteroatoms. The molecule has 0 saturated heterocycles. The molecule has 0 bridgehead atoms. The SMILES string of the molecule is COc1cc(C(=O)Nc2cccc(SC)c2)cc(OC)c1OCc1ccccc1. The maximum absolute atomic E-state index is 12.8. The van der Waals surface area contributed by atoms with E-state index in [9.17, 15) is 4.79 Å². The molecule has 1 amide bonds. The van der Waals surface area contributed by atoms with Gasteiger partial charge in [0.1, 0.15) is 6.61 Å². The molecule has 0 spiro atoms. The van der Waals surface area contributed by atoms with Gasteiger partial charge in [-0.05, 0) is 42.2 Å². The van der Waals surface area contributed by atoms with Gasteiger partial charge in [-0.3, -0.25) is 4.79 Å². The molecule has 29 heavy (non-hydrogen) atoms. The van der Waals surface area contributed by atoms with E-state index in [2.05, 4.69) is 5.32 Å². The predicted molar refractivity (Wildman–Crippen MR) is 116 cm³/mol. The van der Waals surface area contributed by atoms with Crippen LogP contribution in [0.25, 0.3) is 0 Å². The molecule has 0 heterocycles. The molecule has 3 rings (SSSR count). The Kier molecular flexibility index (Phi) is 7.03. The minimum Gasteiger partial charge on any atom is -0.493 e. The third-order valence-corrected chi connectivity index (χ3v) is 5.00. The van der Waals surface area contributed by atoms with Gasteiger partial charge in [0.2, 0.25) is 5.75 Å². The number of carbonyl (C=O) groups excluding carboxylic acids is 1. The van der Waals surface area contributed by atoms with Crippen molar-refractivity contribution < 1.29 is 19.0 Å². The van der Waals surface area contributed by atoms with Gasteiger partial charge in [0.05, 0.1) is 14.2 Å². The molecule has 3 aromatic rings. The van der Waals surface area contributed by atoms with Crippen LogP contribution in [0.15, 0.2) is 71.6 Å². The highest BCUT2D eigenvalue weighted by atomic mass is 32.2. The maximum Gasteiger partial charge on any atom is 0.255 e. The Bertz CT molecular complexity index is 951. The van der Waals surface area contributed by atoms with Gasteiger partial charge >= 0.3 is 0 Å². The van der Waals surface area contributed by atoms with Crippen molar-refractivity contribution in [1.29, 1.82) is 0 Å². The number of carbonyl (C=O) groups is 1. The van der Waals surface area contributed by atoms with Crippen molar-refractivity contribution in [1.82, 2.24) is 0 Å². The highest BCUT2D eigenvalue weighted by Gasteiger charge is 2.18. The first kappa shape index (κ1) is 20.6. The van der Waals surface area contributed by atoms with Crippen molar-refractivity contribution in [3.63, 3.8) is 0 Å². The van der Waals surface area contributed by atoms with Gasteiger partial charge in [0, 0.05) is 16.1 Å². The Morgan fingerprint density at radius 3 is 2.24 bits per heavy atom. The van der Waals surface area contributed by atoms with Crippen LogP contribution in [0, 0.1) is 0 Å². The van der Waals surface area contributed by atoms with Crippen LogP contribution in [-0.4, -0.2) is 26.4 Å². The predicted octanol–water partition coefficient (Wildman–Crippen LogP) is 5.26. The van der Waals surface area contributed by atoms with Gasteiger partial charge in [-0.15, -0.1) is 11.8 Å². The number of benzene rings is 3. The number of methoxy groups -OCH3 is 2. The average molecular weight is 410 g/mol. The van der Waals surface area contributed by atoms with E-state index in [0.717, 1.165) is 16.1 Å². The van der Waals surface area contributed by atoms with E-state index < -0.39 is 0 Å². The molecular formula is C23H23NO4S. The first-order chi connectivity index (χ1) is 14.1. The lowest BCUT2D eigenvalue weighted by molar-refractivity contribution is 0.102. The fourth-order valence-corrected chi connectivity index (χ4v) is 3.25. The van der Waals surface area contributed by atoms with Gasteiger partial charge in [0.25, 0.3) is 5.91 Å². The summed E-state index contributed by atoms with van der Waals surface area (Å²) in [5.74, 6) is 1.07. The summed E-state index contributed by atoms with van der Waals surface area (Å²) in [4.78, 5) is 13.8. The van der Waals surface area contributed by atoms with Crippen molar-refractivity contribution in [2.24, 2.45) is 0 Å². The summed E-state index contributed by atoms with van der Waals surface area (Å²) in [7, 11) is 3.07. The smallest absolute Gasteiger partial charge is 0.255 e. The number of anilines is 1. The van der Waals surface area contributed by atoms with Crippen LogP contribution in [0.4, 0.5) is 5.69 Å². The van der Waals surface area contributed by atoms with E-state index in [-0.39, 0.29) is 5.91 Å². The van der Waals surface area contributed by atoms with Crippen LogP contribution >= 0.6 is 11.8 Å². The molecule has 0 atom stereocenters. The largest absolute Gasteiger partial charge is 0.493 e. The zero-order valence-electron chi connectivity index (χ0n) is 16.6. The minimum absolute atomic E-state index is 0.255. The highest BCUT2D eigenvalue weighted by molar-refractivity contribution is 7.98. The van der Waals surface area contributed by atoms with Gasteiger partial charge in [-0.25, -0.2) is 0 Å². The molecule has 0 aliphatic heterocycles. The lowest BCUT2D eigenvalue weighted by atomic mass is 10.1. The van der Waals surface area contributed by atoms with Crippen LogP contribution in [-0.2, 0) is 6.61 Å². The van der Waals surface area contributed by atoms with Gasteiger partial charge in [-0.1, -0.05) is 36.4 Å². The second-order valence-electron chi connectivity index (χ2n) is 6.17. The van der Waals surface area contributed by atoms with Crippen LogP contribution in [0.3, 0.4) is 0 Å². The van der Waals surface area contributed by atoms with E-state index in [1.807, 2.05) is 60.9 Å². The summed E-state index contributed by atoms with van der Waals surface area (Å²) in [6, 6.07) is 20.8. The molecule has 3 aromatic carbocycles. The Balaban J connectivity index is 1.83. The van der Waals surface area contributed by atoms with Crippen LogP contribution in [0.2, 0.25) is 0 Å². The first-order valence-electron chi connectivity index (χ1n) is 9.02. The van der Waals surface area contributed by atoms with E-state index in [4.69, 9.17) is 14.2 Å². The minimum atomic E-state index is -0.255. The van der Waals surface area contributed by atoms with Crippen molar-refractivity contribution in [3.05, 3.63) is 77.9 Å². The van der Waals surface area contributed by atoms with Gasteiger partial charge in [-0.2, -0.15) is 0 Å². The summed E-state index contributed by atoms with van der Waals surface area (Å²) >= 11 is 1.62. The van der Waals surface area contributed by atoms with Crippen LogP contribution < -0.4 is 19.5 Å². The van der Waals surface area contributed by atoms with E-state index in [1.165, 1.54) is 14.2 Å². The summed E-state index contributed by atoms with van der Waals surface area (Å²) in [6.07, 6.45) is 1.99. The maximum atomic E-state index is 12.8. The topological polar surface area (TPSA) is 56.8 Å². The Morgan fingerprint density at radius 1 is 0.931 bits per heavy atom. The molecular weight excluding hydrogens is 386 g/mol. The van der Waals surface area contributed by atoms with E-state index >= 15 is 0 Å². The third-order valence-electron chi connectivity index (χ3n) is 4.28. The molecule has 1 N–H and O–H groups in total. The number of rotatable bonds is 8. The number of ether oxygens (including phenoxy) is 3. The van der Waals surface area contributed by atoms with Crippen LogP contribution in [0.1, 0.15) is 15.9 Å². The molecule has 0 aromatic heterocycles. The fourth-order valence-electron chi connectivity index (χ4n) is 2.79.